The molecule has 2 N–H and O–H groups in total. The van der Waals surface area contributed by atoms with E-state index in [4.69, 9.17) is 4.74 Å². The number of likely N-dealkylation sites (N-methyl/N-ethyl adjacent to an activating group) is 1. The fourth-order valence-electron chi connectivity index (χ4n) is 1.42. The Morgan fingerprint density at radius 2 is 2.05 bits per heavy atom. The number of benzene rings is 1. The Balaban J connectivity index is 2.35. The predicted octanol–water partition coefficient (Wildman–Crippen LogP) is 0.771. The number of aliphatic hydroxyl groups is 1. The van der Waals surface area contributed by atoms with Crippen molar-refractivity contribution >= 4 is 5.91 Å². The van der Waals surface area contributed by atoms with Crippen LogP contribution in [0.5, 0.6) is 5.75 Å². The van der Waals surface area contributed by atoms with Crippen LogP contribution >= 0.6 is 0 Å². The molecule has 0 aliphatic heterocycles. The normalized spacial score (nSPS) is 13.9. The molecule has 0 aliphatic rings. The first-order valence-electron chi connectivity index (χ1n) is 6.51. The van der Waals surface area contributed by atoms with Crippen molar-refractivity contribution in [1.29, 1.82) is 0 Å². The van der Waals surface area contributed by atoms with Crippen LogP contribution in [0.25, 0.3) is 0 Å². The highest BCUT2D eigenvalue weighted by Gasteiger charge is 2.16. The summed E-state index contributed by atoms with van der Waals surface area (Å²) in [5.41, 5.74) is 0. The molecular formula is C14H20F2N2O3. The van der Waals surface area contributed by atoms with Crippen molar-refractivity contribution in [3.05, 3.63) is 29.8 Å². The highest BCUT2D eigenvalue weighted by Crippen LogP contribution is 2.15. The van der Waals surface area contributed by atoms with Gasteiger partial charge in [-0.25, -0.2) is 8.78 Å². The van der Waals surface area contributed by atoms with E-state index in [1.807, 2.05) is 0 Å². The molecule has 118 valence electrons. The number of hydrogen-bond donors (Lipinski definition) is 2. The first-order chi connectivity index (χ1) is 9.81. The van der Waals surface area contributed by atoms with Crippen LogP contribution in [0.4, 0.5) is 8.78 Å². The monoisotopic (exact) mass is 302 g/mol. The Morgan fingerprint density at radius 3 is 2.62 bits per heavy atom. The summed E-state index contributed by atoms with van der Waals surface area (Å²) in [6, 6.07) is 2.79. The van der Waals surface area contributed by atoms with Gasteiger partial charge in [0.2, 0.25) is 5.91 Å². The number of nitrogens with one attached hydrogen (secondary N) is 1. The topological polar surface area (TPSA) is 61.8 Å². The van der Waals surface area contributed by atoms with Crippen LogP contribution in [-0.4, -0.2) is 55.3 Å². The lowest BCUT2D eigenvalue weighted by molar-refractivity contribution is -0.125. The van der Waals surface area contributed by atoms with Crippen LogP contribution in [-0.2, 0) is 4.79 Å². The average Bonchev–Trinajstić information content (AvgIpc) is 2.44. The number of hydrogen-bond acceptors (Lipinski definition) is 4. The zero-order valence-electron chi connectivity index (χ0n) is 12.3. The Morgan fingerprint density at radius 1 is 1.38 bits per heavy atom. The number of aliphatic hydroxyl groups excluding tert-OH is 1. The van der Waals surface area contributed by atoms with Gasteiger partial charge in [0.1, 0.15) is 18.5 Å². The van der Waals surface area contributed by atoms with E-state index in [-0.39, 0.29) is 30.9 Å². The highest BCUT2D eigenvalue weighted by molar-refractivity contribution is 5.81. The third-order valence-corrected chi connectivity index (χ3v) is 3.00. The lowest BCUT2D eigenvalue weighted by atomic mass is 10.3. The quantitative estimate of drug-likeness (QED) is 0.781. The fourth-order valence-corrected chi connectivity index (χ4v) is 1.42. The molecule has 0 saturated heterocycles. The third kappa shape index (κ3) is 5.65. The van der Waals surface area contributed by atoms with Crippen LogP contribution < -0.4 is 10.1 Å². The molecule has 0 spiro atoms. The molecule has 1 aromatic carbocycles. The maximum Gasteiger partial charge on any atom is 0.237 e. The number of amides is 1. The molecule has 21 heavy (non-hydrogen) atoms. The van der Waals surface area contributed by atoms with Gasteiger partial charge < -0.3 is 15.2 Å². The summed E-state index contributed by atoms with van der Waals surface area (Å²) in [6.45, 7) is 1.61. The van der Waals surface area contributed by atoms with Gasteiger partial charge in [-0.1, -0.05) is 0 Å². The summed E-state index contributed by atoms with van der Waals surface area (Å²) in [6.07, 6.45) is -0.948. The van der Waals surface area contributed by atoms with E-state index >= 15 is 0 Å². The van der Waals surface area contributed by atoms with Gasteiger partial charge in [0, 0.05) is 12.6 Å². The second-order valence-corrected chi connectivity index (χ2v) is 4.93. The number of ether oxygens (including phenoxy) is 1. The maximum absolute atomic E-state index is 12.9. The molecule has 0 fully saturated rings. The average molecular weight is 302 g/mol. The summed E-state index contributed by atoms with van der Waals surface area (Å²) in [5.74, 6) is -2.09. The van der Waals surface area contributed by atoms with Crippen molar-refractivity contribution in [3.8, 4) is 5.75 Å². The number of carbonyl (C=O) groups is 1. The largest absolute Gasteiger partial charge is 0.491 e. The van der Waals surface area contributed by atoms with Gasteiger partial charge in [0.25, 0.3) is 0 Å². The number of carbonyl (C=O) groups excluding carboxylic acids is 1. The zero-order valence-corrected chi connectivity index (χ0v) is 12.3. The molecule has 0 heterocycles. The smallest absolute Gasteiger partial charge is 0.237 e. The van der Waals surface area contributed by atoms with Gasteiger partial charge in [-0.15, -0.1) is 0 Å². The summed E-state index contributed by atoms with van der Waals surface area (Å²) in [4.78, 5) is 13.4. The summed E-state index contributed by atoms with van der Waals surface area (Å²) in [5, 5.41) is 12.3. The first-order valence-corrected chi connectivity index (χ1v) is 6.51. The van der Waals surface area contributed by atoms with Gasteiger partial charge in [0.15, 0.2) is 11.6 Å². The van der Waals surface area contributed by atoms with Crippen molar-refractivity contribution in [2.75, 3.05) is 27.2 Å². The molecule has 7 heteroatoms. The number of halogens is 2. The summed E-state index contributed by atoms with van der Waals surface area (Å²) >= 11 is 0. The second kappa shape index (κ2) is 7.90. The van der Waals surface area contributed by atoms with E-state index in [1.165, 1.54) is 6.07 Å². The molecule has 5 nitrogen and oxygen atoms in total. The van der Waals surface area contributed by atoms with Crippen molar-refractivity contribution in [2.45, 2.75) is 19.1 Å². The van der Waals surface area contributed by atoms with E-state index in [9.17, 15) is 18.7 Å². The SMILES string of the molecule is C[C@@H](C(=O)NCC(O)COc1ccc(F)c(F)c1)N(C)C. The summed E-state index contributed by atoms with van der Waals surface area (Å²) < 4.78 is 30.8. The minimum atomic E-state index is -1.02. The van der Waals surface area contributed by atoms with E-state index in [0.717, 1.165) is 12.1 Å². The molecule has 1 unspecified atom stereocenters. The standard InChI is InChI=1S/C14H20F2N2O3/c1-9(18(2)3)14(20)17-7-10(19)8-21-11-4-5-12(15)13(16)6-11/h4-6,9-10,19H,7-8H2,1-3H3,(H,17,20)/t9-,10?/m0/s1. The molecule has 1 rings (SSSR count). The van der Waals surface area contributed by atoms with Crippen LogP contribution in [0, 0.1) is 11.6 Å². The van der Waals surface area contributed by atoms with Crippen LogP contribution in [0.15, 0.2) is 18.2 Å². The molecule has 2 atom stereocenters. The van der Waals surface area contributed by atoms with Gasteiger partial charge in [-0.2, -0.15) is 0 Å². The second-order valence-electron chi connectivity index (χ2n) is 4.93. The van der Waals surface area contributed by atoms with Gasteiger partial charge in [-0.3, -0.25) is 9.69 Å². The third-order valence-electron chi connectivity index (χ3n) is 3.00. The Hall–Kier alpha value is -1.73. The van der Waals surface area contributed by atoms with E-state index in [2.05, 4.69) is 5.32 Å². The van der Waals surface area contributed by atoms with E-state index < -0.39 is 17.7 Å². The van der Waals surface area contributed by atoms with Crippen molar-refractivity contribution in [1.82, 2.24) is 10.2 Å². The minimum absolute atomic E-state index is 0.0146. The molecule has 0 aromatic heterocycles. The molecule has 0 aliphatic carbocycles. The first kappa shape index (κ1) is 17.3. The van der Waals surface area contributed by atoms with Gasteiger partial charge in [0.05, 0.1) is 6.04 Å². The molecule has 1 amide bonds. The van der Waals surface area contributed by atoms with E-state index in [0.29, 0.717) is 0 Å². The summed E-state index contributed by atoms with van der Waals surface area (Å²) in [7, 11) is 3.54. The van der Waals surface area contributed by atoms with Crippen molar-refractivity contribution < 1.29 is 23.4 Å². The van der Waals surface area contributed by atoms with Crippen molar-refractivity contribution in [2.24, 2.45) is 0 Å². The predicted molar refractivity (Wildman–Crippen MR) is 74.0 cm³/mol. The minimum Gasteiger partial charge on any atom is -0.491 e. The lowest BCUT2D eigenvalue weighted by Gasteiger charge is -2.20. The fraction of sp³-hybridized carbons (Fsp3) is 0.500. The molecule has 1 aromatic rings. The van der Waals surface area contributed by atoms with Crippen molar-refractivity contribution in [3.63, 3.8) is 0 Å². The number of nitrogens with zero attached hydrogens (tertiary/aromatic N) is 1. The van der Waals surface area contributed by atoms with Crippen LogP contribution in [0.1, 0.15) is 6.92 Å². The van der Waals surface area contributed by atoms with Gasteiger partial charge >= 0.3 is 0 Å². The highest BCUT2D eigenvalue weighted by atomic mass is 19.2. The Labute approximate surface area is 122 Å². The van der Waals surface area contributed by atoms with Crippen LogP contribution in [0.3, 0.4) is 0 Å². The van der Waals surface area contributed by atoms with Crippen LogP contribution in [0.2, 0.25) is 0 Å². The number of rotatable bonds is 7. The Bertz CT molecular complexity index is 483. The Kier molecular flexibility index (Phi) is 6.51. The molecule has 0 radical (unpaired) electrons. The van der Waals surface area contributed by atoms with Gasteiger partial charge in [-0.05, 0) is 33.2 Å². The zero-order chi connectivity index (χ0) is 16.0. The molecular weight excluding hydrogens is 282 g/mol. The molecule has 0 bridgehead atoms. The maximum atomic E-state index is 12.9. The van der Waals surface area contributed by atoms with E-state index in [1.54, 1.807) is 25.9 Å². The molecule has 0 saturated carbocycles. The lowest BCUT2D eigenvalue weighted by Crippen LogP contribution is -2.44.